The largest absolute Gasteiger partial charge is 0.320 e. The van der Waals surface area contributed by atoms with Gasteiger partial charge in [-0.2, -0.15) is 10.4 Å². The van der Waals surface area contributed by atoms with Crippen molar-refractivity contribution in [1.82, 2.24) is 14.8 Å². The number of nitrogens with zero attached hydrogens (tertiary/aromatic N) is 5. The number of aromatic nitrogens is 3. The number of rotatable bonds is 4. The van der Waals surface area contributed by atoms with Gasteiger partial charge in [-0.1, -0.05) is 22.3 Å². The Bertz CT molecular complexity index is 1140. The smallest absolute Gasteiger partial charge is 0.274 e. The molecule has 1 aromatic carbocycles. The van der Waals surface area contributed by atoms with Crippen LogP contribution in [-0.2, 0) is 10.7 Å². The van der Waals surface area contributed by atoms with Crippen LogP contribution in [0, 0.1) is 18.4 Å². The van der Waals surface area contributed by atoms with E-state index in [1.807, 2.05) is 31.5 Å². The van der Waals surface area contributed by atoms with Crippen LogP contribution in [0.3, 0.4) is 0 Å². The number of amides is 1. The lowest BCUT2D eigenvalue weighted by Gasteiger charge is -2.11. The SMILES string of the molecule is Cc1cc(/S(C)=N/C#N)ccc1NC(=O)c1cc(Br)nn1-c1ncccc1Cl. The number of halogens is 2. The van der Waals surface area contributed by atoms with Crippen molar-refractivity contribution in [2.45, 2.75) is 11.8 Å². The van der Waals surface area contributed by atoms with Gasteiger partial charge in [0.2, 0.25) is 6.19 Å². The number of carbonyl (C=O) groups is 1. The summed E-state index contributed by atoms with van der Waals surface area (Å²) in [5, 5.41) is 16.2. The maximum Gasteiger partial charge on any atom is 0.274 e. The summed E-state index contributed by atoms with van der Waals surface area (Å²) >= 11 is 9.50. The lowest BCUT2D eigenvalue weighted by Crippen LogP contribution is -2.18. The number of hydrogen-bond donors (Lipinski definition) is 1. The molecule has 28 heavy (non-hydrogen) atoms. The third-order valence-electron chi connectivity index (χ3n) is 3.82. The summed E-state index contributed by atoms with van der Waals surface area (Å²) in [5.41, 5.74) is 1.80. The van der Waals surface area contributed by atoms with Gasteiger partial charge in [-0.25, -0.2) is 9.67 Å². The molecule has 0 saturated heterocycles. The second-order valence-corrected chi connectivity index (χ2v) is 8.50. The van der Waals surface area contributed by atoms with Crippen molar-refractivity contribution in [3.8, 4) is 12.0 Å². The maximum absolute atomic E-state index is 12.9. The monoisotopic (exact) mass is 476 g/mol. The topological polar surface area (TPSA) is 96.0 Å². The summed E-state index contributed by atoms with van der Waals surface area (Å²) < 4.78 is 5.72. The molecule has 1 unspecified atom stereocenters. The number of anilines is 1. The first-order valence-corrected chi connectivity index (χ1v) is 10.7. The molecule has 0 saturated carbocycles. The molecular formula is C18H14BrClN6OS. The molecule has 142 valence electrons. The Morgan fingerprint density at radius 2 is 2.18 bits per heavy atom. The molecule has 10 heteroatoms. The summed E-state index contributed by atoms with van der Waals surface area (Å²) in [4.78, 5) is 18.0. The highest BCUT2D eigenvalue weighted by Crippen LogP contribution is 2.23. The Kier molecular flexibility index (Phi) is 6.24. The molecule has 0 aliphatic heterocycles. The molecule has 0 fully saturated rings. The predicted molar refractivity (Wildman–Crippen MR) is 113 cm³/mol. The van der Waals surface area contributed by atoms with Crippen LogP contribution in [0.2, 0.25) is 5.02 Å². The fourth-order valence-corrected chi connectivity index (χ4v) is 3.89. The maximum atomic E-state index is 12.9. The van der Waals surface area contributed by atoms with Crippen molar-refractivity contribution in [2.24, 2.45) is 4.36 Å². The molecule has 0 radical (unpaired) electrons. The van der Waals surface area contributed by atoms with E-state index in [2.05, 4.69) is 35.7 Å². The fourth-order valence-electron chi connectivity index (χ4n) is 2.47. The number of nitriles is 1. The lowest BCUT2D eigenvalue weighted by atomic mass is 10.2. The third kappa shape index (κ3) is 4.30. The molecule has 0 spiro atoms. The van der Waals surface area contributed by atoms with Crippen molar-refractivity contribution in [1.29, 1.82) is 5.26 Å². The van der Waals surface area contributed by atoms with Crippen molar-refractivity contribution in [3.63, 3.8) is 0 Å². The standard InChI is InChI=1S/C18H14BrClN6OS/c1-11-8-12(28(2)23-10-21)5-6-14(11)24-18(27)15-9-16(19)25-26(15)17-13(20)4-3-7-22-17/h3-9H,1-2H3,(H,24,27). The van der Waals surface area contributed by atoms with E-state index in [9.17, 15) is 4.79 Å². The zero-order chi connectivity index (χ0) is 20.3. The van der Waals surface area contributed by atoms with Crippen molar-refractivity contribution in [3.05, 3.63) is 63.5 Å². The van der Waals surface area contributed by atoms with E-state index in [1.54, 1.807) is 30.5 Å². The lowest BCUT2D eigenvalue weighted by molar-refractivity contribution is 0.101. The molecular weight excluding hydrogens is 464 g/mol. The van der Waals surface area contributed by atoms with Crippen LogP contribution in [-0.4, -0.2) is 26.9 Å². The minimum atomic E-state index is -0.521. The summed E-state index contributed by atoms with van der Waals surface area (Å²) in [6, 6.07) is 10.5. The Morgan fingerprint density at radius 1 is 1.39 bits per heavy atom. The minimum Gasteiger partial charge on any atom is -0.320 e. The van der Waals surface area contributed by atoms with E-state index in [-0.39, 0.29) is 11.6 Å². The van der Waals surface area contributed by atoms with Gasteiger partial charge in [0.1, 0.15) is 10.3 Å². The van der Waals surface area contributed by atoms with Crippen LogP contribution in [0.15, 0.2) is 56.5 Å². The number of benzene rings is 1. The summed E-state index contributed by atoms with van der Waals surface area (Å²) in [5.74, 6) is 0.00760. The van der Waals surface area contributed by atoms with Gasteiger partial charge in [-0.3, -0.25) is 4.79 Å². The van der Waals surface area contributed by atoms with E-state index >= 15 is 0 Å². The van der Waals surface area contributed by atoms with E-state index < -0.39 is 10.7 Å². The van der Waals surface area contributed by atoms with Crippen LogP contribution in [0.4, 0.5) is 5.69 Å². The highest BCUT2D eigenvalue weighted by atomic mass is 79.9. The minimum absolute atomic E-state index is 0.283. The van der Waals surface area contributed by atoms with Gasteiger partial charge < -0.3 is 5.32 Å². The zero-order valence-electron chi connectivity index (χ0n) is 14.8. The molecule has 3 aromatic rings. The molecule has 0 bridgehead atoms. The molecule has 0 aliphatic rings. The Morgan fingerprint density at radius 3 is 2.86 bits per heavy atom. The Balaban J connectivity index is 1.92. The van der Waals surface area contributed by atoms with Gasteiger partial charge in [0, 0.05) is 22.8 Å². The summed E-state index contributed by atoms with van der Waals surface area (Å²) in [7, 11) is -0.521. The second kappa shape index (κ2) is 8.65. The average molecular weight is 478 g/mol. The van der Waals surface area contributed by atoms with Crippen LogP contribution in [0.1, 0.15) is 16.1 Å². The van der Waals surface area contributed by atoms with Crippen LogP contribution in [0.5, 0.6) is 0 Å². The van der Waals surface area contributed by atoms with E-state index in [0.717, 1.165) is 10.5 Å². The third-order valence-corrected chi connectivity index (χ3v) is 5.79. The first-order valence-electron chi connectivity index (χ1n) is 7.95. The first kappa shape index (κ1) is 20.2. The van der Waals surface area contributed by atoms with E-state index in [0.29, 0.717) is 21.1 Å². The first-order chi connectivity index (χ1) is 13.4. The molecule has 0 aliphatic carbocycles. The molecule has 2 heterocycles. The normalized spacial score (nSPS) is 11.8. The Hall–Kier alpha value is -2.54. The van der Waals surface area contributed by atoms with Crippen molar-refractivity contribution < 1.29 is 4.79 Å². The Labute approximate surface area is 177 Å². The summed E-state index contributed by atoms with van der Waals surface area (Å²) in [6.45, 7) is 1.88. The van der Waals surface area contributed by atoms with Crippen LogP contribution >= 0.6 is 27.5 Å². The van der Waals surface area contributed by atoms with Gasteiger partial charge in [0.15, 0.2) is 5.82 Å². The highest BCUT2D eigenvalue weighted by molar-refractivity contribution is 9.10. The molecule has 2 aromatic heterocycles. The van der Waals surface area contributed by atoms with Crippen molar-refractivity contribution >= 4 is 49.8 Å². The van der Waals surface area contributed by atoms with Gasteiger partial charge in [0.25, 0.3) is 5.91 Å². The van der Waals surface area contributed by atoms with E-state index in [4.69, 9.17) is 16.9 Å². The average Bonchev–Trinajstić information content (AvgIpc) is 3.05. The molecule has 7 nitrogen and oxygen atoms in total. The van der Waals surface area contributed by atoms with E-state index in [1.165, 1.54) is 4.68 Å². The zero-order valence-corrected chi connectivity index (χ0v) is 18.0. The van der Waals surface area contributed by atoms with Crippen molar-refractivity contribution in [2.75, 3.05) is 11.6 Å². The molecule has 1 N–H and O–H groups in total. The number of nitrogens with one attached hydrogen (secondary N) is 1. The molecule has 1 amide bonds. The second-order valence-electron chi connectivity index (χ2n) is 5.67. The predicted octanol–water partition coefficient (Wildman–Crippen LogP) is 4.52. The number of pyridine rings is 1. The van der Waals surface area contributed by atoms with Gasteiger partial charge in [-0.15, -0.1) is 4.36 Å². The van der Waals surface area contributed by atoms with Crippen LogP contribution in [0.25, 0.3) is 5.82 Å². The fraction of sp³-hybridized carbons (Fsp3) is 0.111. The van der Waals surface area contributed by atoms with Gasteiger partial charge >= 0.3 is 0 Å². The molecule has 1 atom stereocenters. The number of aryl methyl sites for hydroxylation is 1. The van der Waals surface area contributed by atoms with Crippen LogP contribution < -0.4 is 5.32 Å². The summed E-state index contributed by atoms with van der Waals surface area (Å²) in [6.07, 6.45) is 5.26. The van der Waals surface area contributed by atoms with Gasteiger partial charge in [-0.05, 0) is 65.0 Å². The number of carbonyl (C=O) groups excluding carboxylic acids is 1. The quantitative estimate of drug-likeness (QED) is 0.559. The molecule has 3 rings (SSSR count). The highest BCUT2D eigenvalue weighted by Gasteiger charge is 2.19. The van der Waals surface area contributed by atoms with Gasteiger partial charge in [0.05, 0.1) is 5.02 Å². The number of hydrogen-bond acceptors (Lipinski definition) is 5.